The van der Waals surface area contributed by atoms with Crippen molar-refractivity contribution in [2.75, 3.05) is 32.1 Å². The van der Waals surface area contributed by atoms with Gasteiger partial charge in [0.25, 0.3) is 0 Å². The van der Waals surface area contributed by atoms with E-state index in [4.69, 9.17) is 10.00 Å². The molecular weight excluding hydrogens is 332 g/mol. The van der Waals surface area contributed by atoms with Crippen molar-refractivity contribution in [2.45, 2.75) is 25.8 Å². The minimum absolute atomic E-state index is 0.0811. The van der Waals surface area contributed by atoms with E-state index in [9.17, 15) is 4.79 Å². The maximum Gasteiger partial charge on any atom is 0.320 e. The zero-order chi connectivity index (χ0) is 18.7. The summed E-state index contributed by atoms with van der Waals surface area (Å²) in [7, 11) is 3.54. The number of anilines is 1. The summed E-state index contributed by atoms with van der Waals surface area (Å²) in [5.41, 5.74) is 1.14. The second-order valence-electron chi connectivity index (χ2n) is 6.55. The molecule has 3 heterocycles. The predicted molar refractivity (Wildman–Crippen MR) is 97.4 cm³/mol. The molecule has 0 aromatic carbocycles. The number of piperidine rings is 1. The molecule has 0 bridgehead atoms. The highest BCUT2D eigenvalue weighted by molar-refractivity contribution is 5.88. The lowest BCUT2D eigenvalue weighted by atomic mass is 9.91. The van der Waals surface area contributed by atoms with Gasteiger partial charge in [-0.25, -0.2) is 4.79 Å². The van der Waals surface area contributed by atoms with Crippen LogP contribution in [0.25, 0.3) is 11.0 Å². The van der Waals surface area contributed by atoms with Gasteiger partial charge in [-0.3, -0.25) is 0 Å². The number of nitriles is 1. The van der Waals surface area contributed by atoms with Crippen LogP contribution >= 0.6 is 0 Å². The van der Waals surface area contributed by atoms with E-state index in [1.165, 1.54) is 0 Å². The second kappa shape index (κ2) is 7.46. The van der Waals surface area contributed by atoms with Crippen molar-refractivity contribution in [1.82, 2.24) is 19.9 Å². The molecule has 3 rings (SSSR count). The minimum atomic E-state index is 0.0811. The van der Waals surface area contributed by atoms with Gasteiger partial charge in [-0.05, 0) is 18.4 Å². The molecular formula is C18H22N6O2. The minimum Gasteiger partial charge on any atom is -0.467 e. The van der Waals surface area contributed by atoms with Crippen molar-refractivity contribution >= 4 is 22.8 Å². The summed E-state index contributed by atoms with van der Waals surface area (Å²) in [6.45, 7) is 3.59. The summed E-state index contributed by atoms with van der Waals surface area (Å²) < 4.78 is 5.23. The average molecular weight is 354 g/mol. The van der Waals surface area contributed by atoms with Crippen LogP contribution in [0.5, 0.6) is 6.01 Å². The highest BCUT2D eigenvalue weighted by Gasteiger charge is 2.32. The summed E-state index contributed by atoms with van der Waals surface area (Å²) in [5.74, 6) is 3.12. The summed E-state index contributed by atoms with van der Waals surface area (Å²) in [6, 6.07) is 4.42. The number of H-pyrrole nitrogens is 1. The van der Waals surface area contributed by atoms with Crippen LogP contribution in [0.1, 0.15) is 19.8 Å². The fourth-order valence-corrected chi connectivity index (χ4v) is 3.51. The Bertz CT molecular complexity index is 879. The van der Waals surface area contributed by atoms with Crippen LogP contribution in [0.4, 0.5) is 5.82 Å². The van der Waals surface area contributed by atoms with Gasteiger partial charge in [-0.1, -0.05) is 6.92 Å². The first-order valence-corrected chi connectivity index (χ1v) is 8.56. The van der Waals surface area contributed by atoms with Gasteiger partial charge in [0.05, 0.1) is 31.0 Å². The first-order chi connectivity index (χ1) is 12.6. The van der Waals surface area contributed by atoms with E-state index in [2.05, 4.69) is 26.8 Å². The lowest BCUT2D eigenvalue weighted by Gasteiger charge is -2.42. The predicted octanol–water partition coefficient (Wildman–Crippen LogP) is 1.74. The van der Waals surface area contributed by atoms with Crippen LogP contribution in [0.3, 0.4) is 0 Å². The fourth-order valence-electron chi connectivity index (χ4n) is 3.51. The molecule has 2 aromatic rings. The maximum atomic E-state index is 11.2. The Balaban J connectivity index is 1.93. The van der Waals surface area contributed by atoms with E-state index in [1.54, 1.807) is 7.11 Å². The number of fused-ring (bicyclic) bond motifs is 1. The van der Waals surface area contributed by atoms with Crippen LogP contribution in [0.15, 0.2) is 18.0 Å². The molecule has 1 aliphatic heterocycles. The SMILES string of the molecule is COc1nc(N(C)C2CN(C(=C=O)CC#N)CCC2C)c2cc[nH]c2n1. The maximum absolute atomic E-state index is 11.2. The third-order valence-corrected chi connectivity index (χ3v) is 5.05. The van der Waals surface area contributed by atoms with E-state index >= 15 is 0 Å². The van der Waals surface area contributed by atoms with Gasteiger partial charge in [0.15, 0.2) is 0 Å². The highest BCUT2D eigenvalue weighted by atomic mass is 16.5. The Morgan fingerprint density at radius 3 is 3.04 bits per heavy atom. The quantitative estimate of drug-likeness (QED) is 0.817. The van der Waals surface area contributed by atoms with Gasteiger partial charge in [-0.2, -0.15) is 15.2 Å². The van der Waals surface area contributed by atoms with E-state index < -0.39 is 0 Å². The van der Waals surface area contributed by atoms with E-state index in [-0.39, 0.29) is 12.5 Å². The fraction of sp³-hybridized carbons (Fsp3) is 0.500. The topological polar surface area (TPSA) is 98.1 Å². The normalized spacial score (nSPS) is 19.7. The van der Waals surface area contributed by atoms with E-state index in [1.807, 2.05) is 36.2 Å². The molecule has 0 radical (unpaired) electrons. The molecule has 1 saturated heterocycles. The number of hydrogen-bond donors (Lipinski definition) is 1. The molecule has 2 unspecified atom stereocenters. The van der Waals surface area contributed by atoms with Crippen LogP contribution < -0.4 is 9.64 Å². The lowest BCUT2D eigenvalue weighted by molar-refractivity contribution is 0.203. The molecule has 1 aliphatic rings. The molecule has 2 aromatic heterocycles. The Labute approximate surface area is 152 Å². The van der Waals surface area contributed by atoms with Crippen LogP contribution in [0, 0.1) is 17.2 Å². The molecule has 8 heteroatoms. The lowest BCUT2D eigenvalue weighted by Crippen LogP contribution is -2.51. The van der Waals surface area contributed by atoms with Crippen LogP contribution in [0.2, 0.25) is 0 Å². The van der Waals surface area contributed by atoms with Crippen molar-refractivity contribution in [2.24, 2.45) is 5.92 Å². The smallest absolute Gasteiger partial charge is 0.320 e. The third kappa shape index (κ3) is 3.22. The molecule has 2 atom stereocenters. The van der Waals surface area contributed by atoms with E-state index in [0.29, 0.717) is 24.2 Å². The first kappa shape index (κ1) is 17.8. The van der Waals surface area contributed by atoms with Crippen molar-refractivity contribution < 1.29 is 9.53 Å². The Kier molecular flexibility index (Phi) is 5.10. The molecule has 136 valence electrons. The number of methoxy groups -OCH3 is 1. The summed E-state index contributed by atoms with van der Waals surface area (Å²) in [4.78, 5) is 27.3. The van der Waals surface area contributed by atoms with E-state index in [0.717, 1.165) is 29.8 Å². The molecule has 0 amide bonds. The van der Waals surface area contributed by atoms with Crippen LogP contribution in [-0.2, 0) is 4.79 Å². The standard InChI is InChI=1S/C18H22N6O2/c1-12-6-9-24(13(11-25)4-7-19)10-15(12)23(2)17-14-5-8-20-16(14)21-18(22-17)26-3/h5,8,12,15H,4,6,9-10H2,1-3H3,(H,20,21,22). The molecule has 0 saturated carbocycles. The number of carbonyl (C=O) groups excluding carboxylic acids is 1. The summed E-state index contributed by atoms with van der Waals surface area (Å²) in [6.07, 6.45) is 2.83. The molecule has 0 spiro atoms. The summed E-state index contributed by atoms with van der Waals surface area (Å²) >= 11 is 0. The average Bonchev–Trinajstić information content (AvgIpc) is 3.13. The van der Waals surface area contributed by atoms with Crippen molar-refractivity contribution in [3.8, 4) is 12.1 Å². The number of likely N-dealkylation sites (tertiary alicyclic amines) is 1. The highest BCUT2D eigenvalue weighted by Crippen LogP contribution is 2.31. The Hall–Kier alpha value is -3.04. The molecule has 26 heavy (non-hydrogen) atoms. The molecule has 8 nitrogen and oxygen atoms in total. The number of allylic oxidation sites excluding steroid dienone is 1. The van der Waals surface area contributed by atoms with Crippen molar-refractivity contribution in [1.29, 1.82) is 5.26 Å². The van der Waals surface area contributed by atoms with Gasteiger partial charge in [-0.15, -0.1) is 0 Å². The number of likely N-dealkylation sites (N-methyl/N-ethyl adjacent to an activating group) is 1. The largest absolute Gasteiger partial charge is 0.467 e. The van der Waals surface area contributed by atoms with Crippen molar-refractivity contribution in [3.63, 3.8) is 0 Å². The first-order valence-electron chi connectivity index (χ1n) is 8.56. The van der Waals surface area contributed by atoms with Gasteiger partial charge < -0.3 is 19.5 Å². The Morgan fingerprint density at radius 2 is 2.35 bits per heavy atom. The Morgan fingerprint density at radius 1 is 1.54 bits per heavy atom. The molecule has 1 N–H and O–H groups in total. The molecule has 0 aliphatic carbocycles. The summed E-state index contributed by atoms with van der Waals surface area (Å²) in [5, 5.41) is 9.85. The monoisotopic (exact) mass is 354 g/mol. The van der Waals surface area contributed by atoms with Gasteiger partial charge >= 0.3 is 6.01 Å². The number of ether oxygens (including phenoxy) is 1. The van der Waals surface area contributed by atoms with Crippen molar-refractivity contribution in [3.05, 3.63) is 18.0 Å². The second-order valence-corrected chi connectivity index (χ2v) is 6.55. The number of aromatic nitrogens is 3. The van der Waals surface area contributed by atoms with Gasteiger partial charge in [0, 0.05) is 26.3 Å². The number of aromatic amines is 1. The van der Waals surface area contributed by atoms with Gasteiger partial charge in [0.1, 0.15) is 23.1 Å². The third-order valence-electron chi connectivity index (χ3n) is 5.05. The van der Waals surface area contributed by atoms with Crippen LogP contribution in [-0.4, -0.2) is 59.1 Å². The number of nitrogens with one attached hydrogen (secondary N) is 1. The van der Waals surface area contributed by atoms with Gasteiger partial charge in [0.2, 0.25) is 0 Å². The number of nitrogens with zero attached hydrogens (tertiary/aromatic N) is 5. The zero-order valence-corrected chi connectivity index (χ0v) is 15.2. The number of hydrogen-bond acceptors (Lipinski definition) is 7. The zero-order valence-electron chi connectivity index (χ0n) is 15.2. The number of rotatable bonds is 5. The molecule has 1 fully saturated rings.